The number of aliphatic hydroxyl groups is 1. The minimum absolute atomic E-state index is 0.0321. The van der Waals surface area contributed by atoms with Crippen molar-refractivity contribution in [2.75, 3.05) is 43.4 Å². The number of aliphatic hydroxyl groups excluding tert-OH is 1. The van der Waals surface area contributed by atoms with Crippen LogP contribution in [0.1, 0.15) is 54.5 Å². The van der Waals surface area contributed by atoms with Gasteiger partial charge in [0, 0.05) is 74.9 Å². The van der Waals surface area contributed by atoms with Gasteiger partial charge in [0.05, 0.1) is 23.7 Å². The van der Waals surface area contributed by atoms with Crippen molar-refractivity contribution in [1.29, 1.82) is 0 Å². The molecule has 0 saturated carbocycles. The first-order chi connectivity index (χ1) is 31.4. The highest BCUT2D eigenvalue weighted by Crippen LogP contribution is 2.30. The molecule has 1 aromatic heterocycles. The van der Waals surface area contributed by atoms with Gasteiger partial charge >= 0.3 is 6.09 Å². The number of amides is 3. The fourth-order valence-electron chi connectivity index (χ4n) is 8.13. The molecular weight excluding hydrogens is 828 g/mol. The lowest BCUT2D eigenvalue weighted by Gasteiger charge is -2.31. The highest BCUT2D eigenvalue weighted by molar-refractivity contribution is 5.93. The summed E-state index contributed by atoms with van der Waals surface area (Å²) < 4.78 is 20.6. The smallest absolute Gasteiger partial charge is 0.411 e. The Bertz CT molecular complexity index is 2650. The van der Waals surface area contributed by atoms with Crippen LogP contribution in [0.25, 0.3) is 22.0 Å². The summed E-state index contributed by atoms with van der Waals surface area (Å²) in [4.78, 5) is 57.1. The Morgan fingerprint density at radius 2 is 1.63 bits per heavy atom. The Balaban J connectivity index is 0.803. The molecule has 0 spiro atoms. The van der Waals surface area contributed by atoms with Crippen molar-refractivity contribution in [3.63, 3.8) is 0 Å². The predicted octanol–water partition coefficient (Wildman–Crippen LogP) is 7.22. The molecule has 0 bridgehead atoms. The van der Waals surface area contributed by atoms with Crippen LogP contribution in [-0.2, 0) is 33.7 Å². The maximum absolute atomic E-state index is 14.8. The van der Waals surface area contributed by atoms with E-state index in [1.807, 2.05) is 85.8 Å². The van der Waals surface area contributed by atoms with Crippen LogP contribution in [0.15, 0.2) is 126 Å². The molecule has 1 fully saturated rings. The average Bonchev–Trinajstić information content (AvgIpc) is 3.31. The lowest BCUT2D eigenvalue weighted by molar-refractivity contribution is -0.120. The number of aromatic nitrogens is 1. The molecule has 5 aromatic carbocycles. The van der Waals surface area contributed by atoms with Crippen LogP contribution < -0.4 is 26.4 Å². The third-order valence-corrected chi connectivity index (χ3v) is 11.8. The van der Waals surface area contributed by atoms with E-state index in [9.17, 15) is 33.8 Å². The third-order valence-electron chi connectivity index (χ3n) is 11.8. The summed E-state index contributed by atoms with van der Waals surface area (Å²) in [5.74, 6) is -0.929. The van der Waals surface area contributed by atoms with E-state index in [0.29, 0.717) is 62.0 Å². The van der Waals surface area contributed by atoms with Crippen molar-refractivity contribution in [3.05, 3.63) is 160 Å². The molecule has 1 aliphatic rings. The van der Waals surface area contributed by atoms with Gasteiger partial charge in [0.25, 0.3) is 0 Å². The number of aromatic hydroxyl groups is 1. The Morgan fingerprint density at radius 3 is 2.40 bits per heavy atom. The van der Waals surface area contributed by atoms with Gasteiger partial charge in [0.1, 0.15) is 17.7 Å². The summed E-state index contributed by atoms with van der Waals surface area (Å²) in [6.45, 7) is 4.38. The van der Waals surface area contributed by atoms with E-state index in [2.05, 4.69) is 25.8 Å². The number of phenolic OH excluding ortho intramolecular Hbond substituents is 1. The number of halogens is 1. The maximum Gasteiger partial charge on any atom is 0.411 e. The number of nitrogens with zero attached hydrogens (tertiary/aromatic N) is 2. The number of hydrogen-bond acceptors (Lipinski definition) is 9. The molecule has 1 saturated heterocycles. The summed E-state index contributed by atoms with van der Waals surface area (Å²) in [5, 5.41) is 30.7. The quantitative estimate of drug-likeness (QED) is 0.0553. The number of hydrogen-bond donors (Lipinski definition) is 6. The first kappa shape index (κ1) is 46.1. The number of likely N-dealkylation sites (tertiary alicyclic amines) is 1. The number of H-pyrrole nitrogens is 1. The van der Waals surface area contributed by atoms with Gasteiger partial charge in [-0.25, -0.2) is 9.18 Å². The van der Waals surface area contributed by atoms with E-state index in [1.54, 1.807) is 36.2 Å². The van der Waals surface area contributed by atoms with E-state index >= 15 is 0 Å². The number of nitrogens with one attached hydrogen (secondary N) is 4. The second kappa shape index (κ2) is 21.7. The number of pyridine rings is 1. The standard InChI is InChI=1S/C51H55FN6O7/c1-33(53-32-46(60)41-17-20-45(59)50-42(41)18-21-47(61)56-50)28-35-14-19-43(52)37(29-35)30-48(62)54-31-34-12-15-38(16-13-34)57(2)49(63)24-27-58-25-22-39(23-26-58)65-51(64)55-44-11-7-6-10-40(44)36-8-4-3-5-9-36/h3-21,29,33,39,46,53,59-60H,22-28,30-32H2,1-2H3,(H,54,62)(H,55,64)(H,56,61). The number of aromatic amines is 1. The second-order valence-corrected chi connectivity index (χ2v) is 16.5. The van der Waals surface area contributed by atoms with Gasteiger partial charge in [0.2, 0.25) is 17.4 Å². The molecule has 6 N–H and O–H groups in total. The number of phenols is 1. The van der Waals surface area contributed by atoms with Crippen molar-refractivity contribution < 1.29 is 33.7 Å². The molecule has 6 aromatic rings. The van der Waals surface area contributed by atoms with Crippen LogP contribution in [0.2, 0.25) is 0 Å². The summed E-state index contributed by atoms with van der Waals surface area (Å²) in [6.07, 6.45) is 0.436. The van der Waals surface area contributed by atoms with Gasteiger partial charge in [-0.3, -0.25) is 19.7 Å². The summed E-state index contributed by atoms with van der Waals surface area (Å²) in [6, 6.07) is 35.4. The van der Waals surface area contributed by atoms with Gasteiger partial charge in [-0.05, 0) is 90.4 Å². The number of benzene rings is 5. The summed E-state index contributed by atoms with van der Waals surface area (Å²) in [7, 11) is 1.74. The van der Waals surface area contributed by atoms with Crippen LogP contribution in [0, 0.1) is 5.82 Å². The van der Waals surface area contributed by atoms with Gasteiger partial charge < -0.3 is 40.4 Å². The molecule has 1 aliphatic heterocycles. The third kappa shape index (κ3) is 12.4. The van der Waals surface area contributed by atoms with E-state index in [4.69, 9.17) is 4.74 Å². The summed E-state index contributed by atoms with van der Waals surface area (Å²) in [5.41, 5.74) is 5.71. The van der Waals surface area contributed by atoms with E-state index in [1.165, 1.54) is 18.2 Å². The Kier molecular flexibility index (Phi) is 15.4. The van der Waals surface area contributed by atoms with Crippen LogP contribution in [-0.4, -0.2) is 83.4 Å². The number of carbonyl (C=O) groups excluding carboxylic acids is 3. The van der Waals surface area contributed by atoms with Gasteiger partial charge in [-0.15, -0.1) is 0 Å². The van der Waals surface area contributed by atoms with Crippen LogP contribution >= 0.6 is 0 Å². The van der Waals surface area contributed by atoms with E-state index in [0.717, 1.165) is 27.9 Å². The first-order valence-electron chi connectivity index (χ1n) is 21.9. The molecule has 2 unspecified atom stereocenters. The van der Waals surface area contributed by atoms with Crippen LogP contribution in [0.3, 0.4) is 0 Å². The highest BCUT2D eigenvalue weighted by Gasteiger charge is 2.24. The van der Waals surface area contributed by atoms with Crippen molar-refractivity contribution in [1.82, 2.24) is 20.5 Å². The SMILES string of the molecule is CC(Cc1ccc(F)c(CC(=O)NCc2ccc(N(C)C(=O)CCN3CCC(OC(=O)Nc4ccccc4-c4ccccc4)CC3)cc2)c1)NCC(O)c1ccc(O)c2[nH]c(=O)ccc12. The van der Waals surface area contributed by atoms with Gasteiger partial charge in [0.15, 0.2) is 0 Å². The molecule has 13 nitrogen and oxygen atoms in total. The number of ether oxygens (including phenoxy) is 1. The minimum Gasteiger partial charge on any atom is -0.506 e. The molecule has 14 heteroatoms. The molecule has 7 rings (SSSR count). The average molecular weight is 883 g/mol. The predicted molar refractivity (Wildman–Crippen MR) is 250 cm³/mol. The molecule has 338 valence electrons. The molecular formula is C51H55FN6O7. The fraction of sp³-hybridized carbons (Fsp3) is 0.294. The monoisotopic (exact) mass is 882 g/mol. The molecule has 65 heavy (non-hydrogen) atoms. The molecule has 0 radical (unpaired) electrons. The minimum atomic E-state index is -0.925. The van der Waals surface area contributed by atoms with Crippen molar-refractivity contribution in [2.24, 2.45) is 0 Å². The van der Waals surface area contributed by atoms with Crippen molar-refractivity contribution in [2.45, 2.75) is 63.8 Å². The molecule has 0 aliphatic carbocycles. The van der Waals surface area contributed by atoms with E-state index < -0.39 is 18.0 Å². The van der Waals surface area contributed by atoms with Gasteiger partial charge in [-0.2, -0.15) is 0 Å². The number of rotatable bonds is 17. The van der Waals surface area contributed by atoms with Crippen molar-refractivity contribution in [3.8, 4) is 16.9 Å². The number of piperidine rings is 1. The second-order valence-electron chi connectivity index (χ2n) is 16.5. The molecule has 2 atom stereocenters. The number of carbonyl (C=O) groups is 3. The Morgan fingerprint density at radius 1 is 0.908 bits per heavy atom. The summed E-state index contributed by atoms with van der Waals surface area (Å²) >= 11 is 0. The fourth-order valence-corrected chi connectivity index (χ4v) is 8.13. The number of para-hydroxylation sites is 1. The van der Waals surface area contributed by atoms with Crippen molar-refractivity contribution >= 4 is 40.2 Å². The Hall–Kier alpha value is -6.87. The highest BCUT2D eigenvalue weighted by atomic mass is 19.1. The zero-order chi connectivity index (χ0) is 45.9. The number of anilines is 2. The van der Waals surface area contributed by atoms with Gasteiger partial charge in [-0.1, -0.05) is 78.9 Å². The largest absolute Gasteiger partial charge is 0.506 e. The lowest BCUT2D eigenvalue weighted by atomic mass is 10.0. The Labute approximate surface area is 377 Å². The topological polar surface area (TPSA) is 176 Å². The lowest BCUT2D eigenvalue weighted by Crippen LogP contribution is -2.40. The zero-order valence-corrected chi connectivity index (χ0v) is 36.6. The molecule has 2 heterocycles. The van der Waals surface area contributed by atoms with Crippen LogP contribution in [0.5, 0.6) is 5.75 Å². The molecule has 3 amide bonds. The normalized spacial score (nSPS) is 14.1. The number of fused-ring (bicyclic) bond motifs is 1. The zero-order valence-electron chi connectivity index (χ0n) is 36.6. The van der Waals surface area contributed by atoms with E-state index in [-0.39, 0.29) is 65.9 Å². The van der Waals surface area contributed by atoms with Crippen LogP contribution in [0.4, 0.5) is 20.6 Å². The maximum atomic E-state index is 14.8. The first-order valence-corrected chi connectivity index (χ1v) is 21.9.